The highest BCUT2D eigenvalue weighted by atomic mass is 19.1. The third-order valence-electron chi connectivity index (χ3n) is 5.28. The zero-order chi connectivity index (χ0) is 22.2. The monoisotopic (exact) mass is 429 g/mol. The van der Waals surface area contributed by atoms with Crippen LogP contribution in [0.1, 0.15) is 35.7 Å². The molecule has 0 atom stereocenters. The number of aromatic nitrogens is 1. The van der Waals surface area contributed by atoms with Crippen molar-refractivity contribution in [2.45, 2.75) is 26.2 Å². The van der Waals surface area contributed by atoms with Crippen molar-refractivity contribution in [1.82, 2.24) is 9.88 Å². The van der Waals surface area contributed by atoms with E-state index in [1.807, 2.05) is 11.0 Å². The van der Waals surface area contributed by atoms with Gasteiger partial charge in [0.15, 0.2) is 11.6 Å². The molecule has 1 aromatic heterocycles. The van der Waals surface area contributed by atoms with E-state index in [1.165, 1.54) is 19.4 Å². The molecule has 1 aliphatic heterocycles. The summed E-state index contributed by atoms with van der Waals surface area (Å²) in [6, 6.07) is 8.30. The zero-order valence-corrected chi connectivity index (χ0v) is 18.0. The Morgan fingerprint density at radius 1 is 1.13 bits per heavy atom. The number of halogens is 1. The molecule has 0 spiro atoms. The number of anilines is 1. The number of esters is 1. The number of benzene rings is 1. The molecule has 0 bridgehead atoms. The number of carbonyl (C=O) groups is 2. The summed E-state index contributed by atoms with van der Waals surface area (Å²) in [6.45, 7) is 4.79. The third kappa shape index (κ3) is 5.93. The molecule has 2 aromatic rings. The van der Waals surface area contributed by atoms with E-state index in [1.54, 1.807) is 25.1 Å². The van der Waals surface area contributed by atoms with Crippen molar-refractivity contribution < 1.29 is 23.5 Å². The van der Waals surface area contributed by atoms with Gasteiger partial charge in [0.1, 0.15) is 5.82 Å². The molecule has 1 saturated heterocycles. The number of aryl methyl sites for hydroxylation is 1. The van der Waals surface area contributed by atoms with Crippen molar-refractivity contribution in [3.8, 4) is 5.75 Å². The van der Waals surface area contributed by atoms with Crippen molar-refractivity contribution in [2.24, 2.45) is 0 Å². The van der Waals surface area contributed by atoms with Gasteiger partial charge in [0.2, 0.25) is 5.91 Å². The molecule has 0 aliphatic carbocycles. The van der Waals surface area contributed by atoms with Crippen molar-refractivity contribution in [1.29, 1.82) is 0 Å². The van der Waals surface area contributed by atoms with E-state index in [0.29, 0.717) is 44.6 Å². The van der Waals surface area contributed by atoms with E-state index in [-0.39, 0.29) is 17.6 Å². The Kier molecular flexibility index (Phi) is 7.81. The Balaban J connectivity index is 1.52. The van der Waals surface area contributed by atoms with Crippen LogP contribution in [0.25, 0.3) is 0 Å². The van der Waals surface area contributed by atoms with Crippen LogP contribution in [0.2, 0.25) is 0 Å². The minimum atomic E-state index is -0.417. The van der Waals surface area contributed by atoms with E-state index in [9.17, 15) is 14.0 Å². The van der Waals surface area contributed by atoms with Crippen molar-refractivity contribution in [3.63, 3.8) is 0 Å². The van der Waals surface area contributed by atoms with Crippen LogP contribution >= 0.6 is 0 Å². The van der Waals surface area contributed by atoms with Gasteiger partial charge in [0.05, 0.1) is 19.3 Å². The van der Waals surface area contributed by atoms with Crippen LogP contribution in [0.3, 0.4) is 0 Å². The van der Waals surface area contributed by atoms with Gasteiger partial charge in [-0.15, -0.1) is 0 Å². The number of nitrogens with zero attached hydrogens (tertiary/aromatic N) is 3. The van der Waals surface area contributed by atoms with Crippen LogP contribution in [0.5, 0.6) is 5.75 Å². The molecule has 0 radical (unpaired) electrons. The first kappa shape index (κ1) is 22.5. The highest BCUT2D eigenvalue weighted by Gasteiger charge is 2.20. The topological polar surface area (TPSA) is 72.0 Å². The van der Waals surface area contributed by atoms with Crippen LogP contribution in [-0.4, -0.2) is 61.7 Å². The molecule has 0 saturated carbocycles. The molecule has 1 amide bonds. The molecule has 1 aromatic carbocycles. The molecule has 0 N–H and O–H groups in total. The van der Waals surface area contributed by atoms with E-state index in [0.717, 1.165) is 24.3 Å². The molecular weight excluding hydrogens is 401 g/mol. The minimum absolute atomic E-state index is 0.0590. The molecule has 1 aliphatic rings. The van der Waals surface area contributed by atoms with Crippen molar-refractivity contribution in [2.75, 3.05) is 44.8 Å². The number of methoxy groups -OCH3 is 1. The number of rotatable bonds is 7. The smallest absolute Gasteiger partial charge is 0.339 e. The molecule has 166 valence electrons. The Morgan fingerprint density at radius 3 is 2.65 bits per heavy atom. The summed E-state index contributed by atoms with van der Waals surface area (Å²) in [6.07, 6.45) is 3.16. The normalized spacial score (nSPS) is 14.2. The number of amides is 1. The second-order valence-corrected chi connectivity index (χ2v) is 7.32. The van der Waals surface area contributed by atoms with Gasteiger partial charge >= 0.3 is 5.97 Å². The number of pyridine rings is 1. The van der Waals surface area contributed by atoms with Gasteiger partial charge in [-0.25, -0.2) is 14.2 Å². The lowest BCUT2D eigenvalue weighted by Gasteiger charge is -2.23. The fraction of sp³-hybridized carbons (Fsp3) is 0.435. The van der Waals surface area contributed by atoms with Crippen LogP contribution in [0.4, 0.5) is 10.2 Å². The van der Waals surface area contributed by atoms with Crippen LogP contribution in [0.15, 0.2) is 36.5 Å². The third-order valence-corrected chi connectivity index (χ3v) is 5.28. The van der Waals surface area contributed by atoms with Crippen molar-refractivity contribution >= 4 is 17.7 Å². The number of hydrogen-bond donors (Lipinski definition) is 0. The average molecular weight is 429 g/mol. The standard InChI is InChI=1S/C23H28FN3O4/c1-3-31-23(29)18-7-9-21(25-16-18)26-11-4-12-27(14-13-26)22(28)10-6-17-5-8-20(30-2)19(24)15-17/h5,7-9,15-16H,3-4,6,10-14H2,1-2H3. The summed E-state index contributed by atoms with van der Waals surface area (Å²) < 4.78 is 23.7. The van der Waals surface area contributed by atoms with Gasteiger partial charge in [-0.05, 0) is 49.6 Å². The van der Waals surface area contributed by atoms with Crippen molar-refractivity contribution in [3.05, 3.63) is 53.5 Å². The summed E-state index contributed by atoms with van der Waals surface area (Å²) in [5.41, 5.74) is 1.20. The lowest BCUT2D eigenvalue weighted by Crippen LogP contribution is -2.35. The molecule has 31 heavy (non-hydrogen) atoms. The van der Waals surface area contributed by atoms with Gasteiger partial charge < -0.3 is 19.3 Å². The Labute approximate surface area is 181 Å². The Bertz CT molecular complexity index is 904. The van der Waals surface area contributed by atoms with Gasteiger partial charge in [-0.1, -0.05) is 6.07 Å². The van der Waals surface area contributed by atoms with Crippen LogP contribution < -0.4 is 9.64 Å². The summed E-state index contributed by atoms with van der Waals surface area (Å²) >= 11 is 0. The number of carbonyl (C=O) groups excluding carboxylic acids is 2. The maximum atomic E-state index is 13.8. The largest absolute Gasteiger partial charge is 0.494 e. The van der Waals surface area contributed by atoms with Gasteiger partial charge in [0.25, 0.3) is 0 Å². The molecule has 3 rings (SSSR count). The second-order valence-electron chi connectivity index (χ2n) is 7.32. The number of hydrogen-bond acceptors (Lipinski definition) is 6. The SMILES string of the molecule is CCOC(=O)c1ccc(N2CCCN(C(=O)CCc3ccc(OC)c(F)c3)CC2)nc1. The van der Waals surface area contributed by atoms with Gasteiger partial charge in [-0.3, -0.25) is 4.79 Å². The second kappa shape index (κ2) is 10.7. The zero-order valence-electron chi connectivity index (χ0n) is 18.0. The predicted molar refractivity (Wildman–Crippen MR) is 115 cm³/mol. The van der Waals surface area contributed by atoms with E-state index in [4.69, 9.17) is 9.47 Å². The minimum Gasteiger partial charge on any atom is -0.494 e. The highest BCUT2D eigenvalue weighted by Crippen LogP contribution is 2.19. The van der Waals surface area contributed by atoms with Crippen LogP contribution in [0, 0.1) is 5.82 Å². The maximum Gasteiger partial charge on any atom is 0.339 e. The predicted octanol–water partition coefficient (Wildman–Crippen LogP) is 3.08. The fourth-order valence-electron chi connectivity index (χ4n) is 3.58. The lowest BCUT2D eigenvalue weighted by atomic mass is 10.1. The Hall–Kier alpha value is -3.16. The first-order valence-electron chi connectivity index (χ1n) is 10.5. The van der Waals surface area contributed by atoms with Crippen LogP contribution in [-0.2, 0) is 16.0 Å². The molecule has 2 heterocycles. The van der Waals surface area contributed by atoms with E-state index in [2.05, 4.69) is 9.88 Å². The lowest BCUT2D eigenvalue weighted by molar-refractivity contribution is -0.130. The fourth-order valence-corrected chi connectivity index (χ4v) is 3.58. The number of ether oxygens (including phenoxy) is 2. The molecular formula is C23H28FN3O4. The molecule has 0 unspecified atom stereocenters. The first-order chi connectivity index (χ1) is 15.0. The van der Waals surface area contributed by atoms with E-state index >= 15 is 0 Å². The molecule has 8 heteroatoms. The Morgan fingerprint density at radius 2 is 1.97 bits per heavy atom. The first-order valence-corrected chi connectivity index (χ1v) is 10.5. The highest BCUT2D eigenvalue weighted by molar-refractivity contribution is 5.89. The summed E-state index contributed by atoms with van der Waals surface area (Å²) in [5, 5.41) is 0. The summed E-state index contributed by atoms with van der Waals surface area (Å²) in [7, 11) is 1.43. The molecule has 1 fully saturated rings. The summed E-state index contributed by atoms with van der Waals surface area (Å²) in [4.78, 5) is 32.8. The summed E-state index contributed by atoms with van der Waals surface area (Å²) in [5.74, 6) is 0.233. The van der Waals surface area contributed by atoms with E-state index < -0.39 is 5.82 Å². The quantitative estimate of drug-likeness (QED) is 0.630. The van der Waals surface area contributed by atoms with Gasteiger partial charge in [0, 0.05) is 38.8 Å². The average Bonchev–Trinajstić information content (AvgIpc) is 3.04. The maximum absolute atomic E-state index is 13.8. The molecule has 7 nitrogen and oxygen atoms in total. The van der Waals surface area contributed by atoms with Gasteiger partial charge in [-0.2, -0.15) is 0 Å².